The summed E-state index contributed by atoms with van der Waals surface area (Å²) >= 11 is 5.07. The number of nitrogens with zero attached hydrogens (tertiary/aromatic N) is 2. The Morgan fingerprint density at radius 1 is 1.35 bits per heavy atom. The van der Waals surface area contributed by atoms with Crippen LogP contribution in [0, 0.1) is 0 Å². The van der Waals surface area contributed by atoms with Crippen molar-refractivity contribution in [2.24, 2.45) is 0 Å². The lowest BCUT2D eigenvalue weighted by Crippen LogP contribution is -2.16. The van der Waals surface area contributed by atoms with Crippen LogP contribution in [0.15, 0.2) is 29.0 Å². The van der Waals surface area contributed by atoms with Gasteiger partial charge in [-0.25, -0.2) is 4.98 Å². The molecule has 0 aliphatic heterocycles. The molecule has 1 atom stereocenters. The third kappa shape index (κ3) is 3.12. The molecular weight excluding hydrogens is 298 g/mol. The molecule has 2 heterocycles. The quantitative estimate of drug-likeness (QED) is 0.936. The molecule has 0 spiro atoms. The minimum absolute atomic E-state index is 0.349. The number of halogens is 1. The van der Waals surface area contributed by atoms with E-state index in [9.17, 15) is 0 Å². The van der Waals surface area contributed by atoms with Crippen LogP contribution >= 0.6 is 27.3 Å². The van der Waals surface area contributed by atoms with Crippen LogP contribution in [0.25, 0.3) is 10.7 Å². The number of thiazole rings is 1. The van der Waals surface area contributed by atoms with Gasteiger partial charge in [0.1, 0.15) is 5.01 Å². The summed E-state index contributed by atoms with van der Waals surface area (Å²) in [6.07, 6.45) is 3.72. The Kier molecular flexibility index (Phi) is 4.25. The molecule has 5 heteroatoms. The maximum Gasteiger partial charge on any atom is 0.142 e. The Morgan fingerprint density at radius 2 is 2.18 bits per heavy atom. The van der Waals surface area contributed by atoms with E-state index in [2.05, 4.69) is 45.1 Å². The molecule has 0 saturated heterocycles. The van der Waals surface area contributed by atoms with E-state index >= 15 is 0 Å². The minimum Gasteiger partial charge on any atom is -0.310 e. The topological polar surface area (TPSA) is 37.8 Å². The van der Waals surface area contributed by atoms with E-state index in [4.69, 9.17) is 0 Å². The number of hydrogen-bond donors (Lipinski definition) is 1. The van der Waals surface area contributed by atoms with Crippen LogP contribution in [0.3, 0.4) is 0 Å². The average molecular weight is 312 g/mol. The average Bonchev–Trinajstić information content (AvgIpc) is 2.80. The molecule has 17 heavy (non-hydrogen) atoms. The van der Waals surface area contributed by atoms with Gasteiger partial charge in [-0.05, 0) is 41.5 Å². The van der Waals surface area contributed by atoms with E-state index in [0.29, 0.717) is 6.04 Å². The second kappa shape index (κ2) is 5.71. The Hall–Kier alpha value is -0.780. The second-order valence-corrected chi connectivity index (χ2v) is 5.69. The van der Waals surface area contributed by atoms with Crippen LogP contribution in [0.5, 0.6) is 0 Å². The maximum absolute atomic E-state index is 4.42. The van der Waals surface area contributed by atoms with Crippen LogP contribution in [0.4, 0.5) is 0 Å². The van der Waals surface area contributed by atoms with Crippen LogP contribution < -0.4 is 5.32 Å². The van der Waals surface area contributed by atoms with E-state index in [-0.39, 0.29) is 0 Å². The van der Waals surface area contributed by atoms with Crippen molar-refractivity contribution in [3.63, 3.8) is 0 Å². The summed E-state index contributed by atoms with van der Waals surface area (Å²) in [6.45, 7) is 5.22. The molecule has 90 valence electrons. The smallest absolute Gasteiger partial charge is 0.142 e. The summed E-state index contributed by atoms with van der Waals surface area (Å²) < 4.78 is 0.985. The first-order valence-electron chi connectivity index (χ1n) is 5.51. The molecule has 0 aromatic carbocycles. The van der Waals surface area contributed by atoms with E-state index in [1.807, 2.05) is 18.3 Å². The molecular formula is C12H14BrN3S. The number of aromatic nitrogens is 2. The molecule has 2 aromatic rings. The molecule has 0 fully saturated rings. The summed E-state index contributed by atoms with van der Waals surface area (Å²) in [4.78, 5) is 10.0. The Balaban J connectivity index is 2.20. The van der Waals surface area contributed by atoms with Crippen molar-refractivity contribution in [2.75, 3.05) is 6.54 Å². The van der Waals surface area contributed by atoms with Gasteiger partial charge < -0.3 is 5.32 Å². The molecule has 0 bridgehead atoms. The summed E-state index contributed by atoms with van der Waals surface area (Å²) in [6, 6.07) is 4.31. The van der Waals surface area contributed by atoms with Crippen molar-refractivity contribution in [1.82, 2.24) is 15.3 Å². The van der Waals surface area contributed by atoms with Gasteiger partial charge in [-0.3, -0.25) is 4.98 Å². The molecule has 0 amide bonds. The third-order valence-corrected chi connectivity index (χ3v) is 4.08. The Morgan fingerprint density at radius 3 is 2.82 bits per heavy atom. The van der Waals surface area contributed by atoms with E-state index in [0.717, 1.165) is 21.7 Å². The molecule has 0 saturated carbocycles. The first kappa shape index (κ1) is 12.7. The summed E-state index contributed by atoms with van der Waals surface area (Å²) in [7, 11) is 0. The number of hydrogen-bond acceptors (Lipinski definition) is 4. The van der Waals surface area contributed by atoms with Crippen LogP contribution in [0.1, 0.15) is 24.8 Å². The fraction of sp³-hybridized carbons (Fsp3) is 0.333. The molecule has 1 N–H and O–H groups in total. The van der Waals surface area contributed by atoms with E-state index < -0.39 is 0 Å². The molecule has 1 unspecified atom stereocenters. The predicted octanol–water partition coefficient (Wildman–Crippen LogP) is 3.64. The first-order valence-corrected chi connectivity index (χ1v) is 7.12. The van der Waals surface area contributed by atoms with Crippen molar-refractivity contribution >= 4 is 27.3 Å². The third-order valence-electron chi connectivity index (χ3n) is 2.41. The van der Waals surface area contributed by atoms with Crippen molar-refractivity contribution in [1.29, 1.82) is 0 Å². The fourth-order valence-electron chi connectivity index (χ4n) is 1.51. The van der Waals surface area contributed by atoms with E-state index in [1.165, 1.54) is 4.88 Å². The normalized spacial score (nSPS) is 12.6. The lowest BCUT2D eigenvalue weighted by Gasteiger charge is -2.08. The van der Waals surface area contributed by atoms with Gasteiger partial charge in [0.15, 0.2) is 0 Å². The molecule has 0 aliphatic carbocycles. The zero-order valence-electron chi connectivity index (χ0n) is 9.77. The zero-order chi connectivity index (χ0) is 12.3. The molecule has 2 rings (SSSR count). The van der Waals surface area contributed by atoms with Crippen LogP contribution in [-0.4, -0.2) is 16.5 Å². The summed E-state index contributed by atoms with van der Waals surface area (Å²) in [5.41, 5.74) is 0.924. The summed E-state index contributed by atoms with van der Waals surface area (Å²) in [5, 5.41) is 4.35. The first-order chi connectivity index (χ1) is 8.20. The molecule has 3 nitrogen and oxygen atoms in total. The highest BCUT2D eigenvalue weighted by Crippen LogP contribution is 2.27. The van der Waals surface area contributed by atoms with Gasteiger partial charge in [-0.1, -0.05) is 6.92 Å². The standard InChI is InChI=1S/C12H14BrN3S/c1-3-14-8(2)11-7-16-12(17-11)10-5-4-9(13)6-15-10/h4-8,14H,3H2,1-2H3. The predicted molar refractivity (Wildman–Crippen MR) is 75.1 cm³/mol. The maximum atomic E-state index is 4.42. The van der Waals surface area contributed by atoms with E-state index in [1.54, 1.807) is 17.5 Å². The van der Waals surface area contributed by atoms with Crippen molar-refractivity contribution in [3.05, 3.63) is 33.9 Å². The monoisotopic (exact) mass is 311 g/mol. The Bertz CT molecular complexity index is 481. The largest absolute Gasteiger partial charge is 0.310 e. The molecule has 2 aromatic heterocycles. The lowest BCUT2D eigenvalue weighted by atomic mass is 10.3. The number of rotatable bonds is 4. The highest BCUT2D eigenvalue weighted by molar-refractivity contribution is 9.10. The van der Waals surface area contributed by atoms with Gasteiger partial charge in [0, 0.05) is 27.8 Å². The van der Waals surface area contributed by atoms with Gasteiger partial charge in [0.25, 0.3) is 0 Å². The van der Waals surface area contributed by atoms with Gasteiger partial charge in [0.2, 0.25) is 0 Å². The van der Waals surface area contributed by atoms with Gasteiger partial charge in [-0.2, -0.15) is 0 Å². The number of nitrogens with one attached hydrogen (secondary N) is 1. The minimum atomic E-state index is 0.349. The SMILES string of the molecule is CCNC(C)c1cnc(-c2ccc(Br)cn2)s1. The van der Waals surface area contributed by atoms with Crippen molar-refractivity contribution in [2.45, 2.75) is 19.9 Å². The van der Waals surface area contributed by atoms with Crippen molar-refractivity contribution in [3.8, 4) is 10.7 Å². The van der Waals surface area contributed by atoms with Crippen LogP contribution in [-0.2, 0) is 0 Å². The Labute approximate surface area is 113 Å². The highest BCUT2D eigenvalue weighted by Gasteiger charge is 2.10. The van der Waals surface area contributed by atoms with Crippen molar-refractivity contribution < 1.29 is 0 Å². The second-order valence-electron chi connectivity index (χ2n) is 3.71. The fourth-order valence-corrected chi connectivity index (χ4v) is 2.67. The number of pyridine rings is 1. The van der Waals surface area contributed by atoms with Gasteiger partial charge >= 0.3 is 0 Å². The van der Waals surface area contributed by atoms with Crippen LogP contribution in [0.2, 0.25) is 0 Å². The zero-order valence-corrected chi connectivity index (χ0v) is 12.2. The van der Waals surface area contributed by atoms with Gasteiger partial charge in [-0.15, -0.1) is 11.3 Å². The lowest BCUT2D eigenvalue weighted by molar-refractivity contribution is 0.606. The molecule has 0 aliphatic rings. The van der Waals surface area contributed by atoms with Gasteiger partial charge in [0.05, 0.1) is 5.69 Å². The highest BCUT2D eigenvalue weighted by atomic mass is 79.9. The summed E-state index contributed by atoms with van der Waals surface area (Å²) in [5.74, 6) is 0. The molecule has 0 radical (unpaired) electrons.